The molecule has 0 bridgehead atoms. The zero-order valence-electron chi connectivity index (χ0n) is 11.6. The van der Waals surface area contributed by atoms with Gasteiger partial charge in [0.2, 0.25) is 0 Å². The Morgan fingerprint density at radius 1 is 1.39 bits per heavy atom. The van der Waals surface area contributed by atoms with Gasteiger partial charge in [-0.05, 0) is 42.3 Å². The molecule has 1 N–H and O–H groups in total. The topological polar surface area (TPSA) is 15.3 Å². The fraction of sp³-hybridized carbons (Fsp3) is 0.625. The maximum atomic E-state index is 3.55. The lowest BCUT2D eigenvalue weighted by Crippen LogP contribution is -2.24. The van der Waals surface area contributed by atoms with Gasteiger partial charge in [-0.25, -0.2) is 0 Å². The molecule has 1 saturated heterocycles. The lowest BCUT2D eigenvalue weighted by atomic mass is 9.87. The van der Waals surface area contributed by atoms with E-state index >= 15 is 0 Å². The second-order valence-corrected chi connectivity index (χ2v) is 6.25. The minimum absolute atomic E-state index is 0.547. The Hall–Kier alpha value is -1.02. The molecular formula is C16H24N2. The molecule has 1 unspecified atom stereocenters. The number of nitrogens with zero attached hydrogens (tertiary/aromatic N) is 1. The first-order chi connectivity index (χ1) is 8.70. The highest BCUT2D eigenvalue weighted by atomic mass is 15.2. The number of fused-ring (bicyclic) bond motifs is 1. The van der Waals surface area contributed by atoms with Crippen molar-refractivity contribution in [1.29, 1.82) is 0 Å². The number of likely N-dealkylation sites (tertiary alicyclic amines) is 1. The molecular weight excluding hydrogens is 220 g/mol. The number of rotatable bonds is 3. The van der Waals surface area contributed by atoms with Crippen molar-refractivity contribution in [1.82, 2.24) is 4.90 Å². The van der Waals surface area contributed by atoms with E-state index in [9.17, 15) is 0 Å². The highest BCUT2D eigenvalue weighted by Gasteiger charge is 2.32. The van der Waals surface area contributed by atoms with E-state index in [0.29, 0.717) is 5.41 Å². The van der Waals surface area contributed by atoms with Crippen LogP contribution in [0, 0.1) is 5.41 Å². The number of hydrogen-bond donors (Lipinski definition) is 1. The first-order valence-corrected chi connectivity index (χ1v) is 7.27. The van der Waals surface area contributed by atoms with Gasteiger partial charge in [-0.2, -0.15) is 0 Å². The SMILES string of the molecule is CCC1(C)CCN(Cc2cccc3c2NCC3)C1. The molecule has 18 heavy (non-hydrogen) atoms. The van der Waals surface area contributed by atoms with Gasteiger partial charge in [-0.3, -0.25) is 4.90 Å². The average Bonchev–Trinajstić information content (AvgIpc) is 2.98. The molecule has 0 aromatic heterocycles. The van der Waals surface area contributed by atoms with Gasteiger partial charge < -0.3 is 5.32 Å². The summed E-state index contributed by atoms with van der Waals surface area (Å²) in [7, 11) is 0. The lowest BCUT2D eigenvalue weighted by molar-refractivity contribution is 0.263. The van der Waals surface area contributed by atoms with Gasteiger partial charge in [0, 0.05) is 25.3 Å². The highest BCUT2D eigenvalue weighted by molar-refractivity contribution is 5.61. The summed E-state index contributed by atoms with van der Waals surface area (Å²) in [4.78, 5) is 2.62. The summed E-state index contributed by atoms with van der Waals surface area (Å²) in [5, 5.41) is 3.55. The van der Waals surface area contributed by atoms with Crippen LogP contribution >= 0.6 is 0 Å². The second kappa shape index (κ2) is 4.58. The van der Waals surface area contributed by atoms with E-state index < -0.39 is 0 Å². The molecule has 0 spiro atoms. The average molecular weight is 244 g/mol. The van der Waals surface area contributed by atoms with Crippen LogP contribution in [0.3, 0.4) is 0 Å². The molecule has 3 rings (SSSR count). The molecule has 2 aliphatic heterocycles. The number of hydrogen-bond acceptors (Lipinski definition) is 2. The second-order valence-electron chi connectivity index (χ2n) is 6.25. The van der Waals surface area contributed by atoms with Crippen LogP contribution in [-0.4, -0.2) is 24.5 Å². The van der Waals surface area contributed by atoms with E-state index in [4.69, 9.17) is 0 Å². The van der Waals surface area contributed by atoms with Crippen LogP contribution in [0.5, 0.6) is 0 Å². The van der Waals surface area contributed by atoms with Gasteiger partial charge in [-0.15, -0.1) is 0 Å². The normalized spacial score (nSPS) is 27.2. The molecule has 0 radical (unpaired) electrons. The van der Waals surface area contributed by atoms with Gasteiger partial charge in [0.1, 0.15) is 0 Å². The van der Waals surface area contributed by atoms with E-state index in [-0.39, 0.29) is 0 Å². The van der Waals surface area contributed by atoms with Crippen molar-refractivity contribution in [3.63, 3.8) is 0 Å². The van der Waals surface area contributed by atoms with Crippen LogP contribution in [0.15, 0.2) is 18.2 Å². The number of para-hydroxylation sites is 1. The highest BCUT2D eigenvalue weighted by Crippen LogP contribution is 2.35. The van der Waals surface area contributed by atoms with E-state index in [1.54, 1.807) is 0 Å². The number of nitrogens with one attached hydrogen (secondary N) is 1. The maximum absolute atomic E-state index is 3.55. The Balaban J connectivity index is 1.73. The van der Waals surface area contributed by atoms with E-state index in [2.05, 4.69) is 42.3 Å². The van der Waals surface area contributed by atoms with Crippen LogP contribution in [-0.2, 0) is 13.0 Å². The van der Waals surface area contributed by atoms with Crippen LogP contribution in [0.25, 0.3) is 0 Å². The molecule has 1 fully saturated rings. The Morgan fingerprint density at radius 3 is 3.06 bits per heavy atom. The van der Waals surface area contributed by atoms with Gasteiger partial charge in [0.05, 0.1) is 0 Å². The zero-order valence-corrected chi connectivity index (χ0v) is 11.6. The van der Waals surface area contributed by atoms with Gasteiger partial charge in [-0.1, -0.05) is 32.0 Å². The monoisotopic (exact) mass is 244 g/mol. The first-order valence-electron chi connectivity index (χ1n) is 7.27. The molecule has 2 aliphatic rings. The van der Waals surface area contributed by atoms with Crippen molar-refractivity contribution in [2.24, 2.45) is 5.41 Å². The Kier molecular flexibility index (Phi) is 3.06. The van der Waals surface area contributed by atoms with Crippen molar-refractivity contribution in [2.75, 3.05) is 25.0 Å². The molecule has 2 nitrogen and oxygen atoms in total. The van der Waals surface area contributed by atoms with Gasteiger partial charge >= 0.3 is 0 Å². The largest absolute Gasteiger partial charge is 0.384 e. The minimum atomic E-state index is 0.547. The Labute approximate surface area is 110 Å². The lowest BCUT2D eigenvalue weighted by Gasteiger charge is -2.23. The maximum Gasteiger partial charge on any atom is 0.0419 e. The Bertz CT molecular complexity index is 441. The van der Waals surface area contributed by atoms with Crippen LogP contribution in [0.4, 0.5) is 5.69 Å². The third kappa shape index (κ3) is 2.14. The molecule has 0 saturated carbocycles. The summed E-state index contributed by atoms with van der Waals surface area (Å²) in [6.07, 6.45) is 3.84. The first kappa shape index (κ1) is 12.0. The van der Waals surface area contributed by atoms with Crippen LogP contribution < -0.4 is 5.32 Å². The summed E-state index contributed by atoms with van der Waals surface area (Å²) in [5.74, 6) is 0. The summed E-state index contributed by atoms with van der Waals surface area (Å²) in [6.45, 7) is 9.50. The fourth-order valence-electron chi connectivity index (χ4n) is 3.33. The van der Waals surface area contributed by atoms with Crippen molar-refractivity contribution >= 4 is 5.69 Å². The molecule has 1 aromatic rings. The van der Waals surface area contributed by atoms with Gasteiger partial charge in [0.25, 0.3) is 0 Å². The molecule has 0 aliphatic carbocycles. The summed E-state index contributed by atoms with van der Waals surface area (Å²) in [6, 6.07) is 6.77. The third-order valence-electron chi connectivity index (χ3n) is 4.82. The fourth-order valence-corrected chi connectivity index (χ4v) is 3.33. The van der Waals surface area contributed by atoms with E-state index in [1.807, 2.05) is 0 Å². The number of benzene rings is 1. The zero-order chi connectivity index (χ0) is 12.6. The molecule has 2 heterocycles. The molecule has 98 valence electrons. The summed E-state index contributed by atoms with van der Waals surface area (Å²) >= 11 is 0. The molecule has 1 atom stereocenters. The summed E-state index contributed by atoms with van der Waals surface area (Å²) in [5.41, 5.74) is 4.96. The minimum Gasteiger partial charge on any atom is -0.384 e. The van der Waals surface area contributed by atoms with E-state index in [1.165, 1.54) is 49.2 Å². The van der Waals surface area contributed by atoms with Crippen LogP contribution in [0.1, 0.15) is 37.8 Å². The quantitative estimate of drug-likeness (QED) is 0.878. The van der Waals surface area contributed by atoms with Crippen molar-refractivity contribution in [2.45, 2.75) is 39.7 Å². The van der Waals surface area contributed by atoms with E-state index in [0.717, 1.165) is 13.1 Å². The van der Waals surface area contributed by atoms with Crippen molar-refractivity contribution in [3.05, 3.63) is 29.3 Å². The molecule has 2 heteroatoms. The smallest absolute Gasteiger partial charge is 0.0419 e. The third-order valence-corrected chi connectivity index (χ3v) is 4.82. The predicted molar refractivity (Wildman–Crippen MR) is 76.9 cm³/mol. The van der Waals surface area contributed by atoms with Crippen molar-refractivity contribution in [3.8, 4) is 0 Å². The molecule has 1 aromatic carbocycles. The standard InChI is InChI=1S/C16H24N2/c1-3-16(2)8-10-18(12-16)11-14-6-4-5-13-7-9-17-15(13)14/h4-6,17H,3,7-12H2,1-2H3. The Morgan fingerprint density at radius 2 is 2.28 bits per heavy atom. The van der Waals surface area contributed by atoms with Crippen LogP contribution in [0.2, 0.25) is 0 Å². The predicted octanol–water partition coefficient (Wildman–Crippen LogP) is 3.28. The summed E-state index contributed by atoms with van der Waals surface area (Å²) < 4.78 is 0. The molecule has 0 amide bonds. The van der Waals surface area contributed by atoms with Gasteiger partial charge in [0.15, 0.2) is 0 Å². The van der Waals surface area contributed by atoms with Crippen molar-refractivity contribution < 1.29 is 0 Å². The number of anilines is 1.